The Morgan fingerprint density at radius 2 is 1.88 bits per heavy atom. The number of halogens is 1. The third-order valence-electron chi connectivity index (χ3n) is 5.00. The molecule has 9 heteroatoms. The minimum atomic E-state index is -0.333. The van der Waals surface area contributed by atoms with Gasteiger partial charge in [0.05, 0.1) is 12.2 Å². The maximum Gasteiger partial charge on any atom is 0.258 e. The first-order valence-corrected chi connectivity index (χ1v) is 11.1. The zero-order chi connectivity index (χ0) is 24.5. The SMILES string of the molecule is CCc1cc(Cl)cc(C(=O)NCc2ccc(C(=N)N)cc2OCC(=O)NCc2ccccn2)c1. The van der Waals surface area contributed by atoms with Crippen molar-refractivity contribution in [1.82, 2.24) is 15.6 Å². The van der Waals surface area contributed by atoms with Gasteiger partial charge >= 0.3 is 0 Å². The van der Waals surface area contributed by atoms with E-state index in [4.69, 9.17) is 27.5 Å². The summed E-state index contributed by atoms with van der Waals surface area (Å²) in [6.07, 6.45) is 2.41. The molecule has 34 heavy (non-hydrogen) atoms. The van der Waals surface area contributed by atoms with E-state index in [1.54, 1.807) is 42.6 Å². The normalized spacial score (nSPS) is 10.4. The molecule has 0 fully saturated rings. The van der Waals surface area contributed by atoms with Gasteiger partial charge in [-0.15, -0.1) is 0 Å². The number of amidine groups is 1. The Bertz CT molecular complexity index is 1180. The zero-order valence-electron chi connectivity index (χ0n) is 18.7. The molecule has 176 valence electrons. The number of nitrogens with zero attached hydrogens (tertiary/aromatic N) is 1. The fourth-order valence-electron chi connectivity index (χ4n) is 3.15. The average molecular weight is 480 g/mol. The smallest absolute Gasteiger partial charge is 0.258 e. The van der Waals surface area contributed by atoms with Crippen LogP contribution < -0.4 is 21.1 Å². The van der Waals surface area contributed by atoms with Crippen LogP contribution in [0.1, 0.15) is 39.7 Å². The van der Waals surface area contributed by atoms with Crippen molar-refractivity contribution < 1.29 is 14.3 Å². The predicted octanol–water partition coefficient (Wildman–Crippen LogP) is 3.21. The lowest BCUT2D eigenvalue weighted by Gasteiger charge is -2.14. The Labute approximate surface area is 203 Å². The van der Waals surface area contributed by atoms with E-state index >= 15 is 0 Å². The van der Waals surface area contributed by atoms with Gasteiger partial charge in [0.25, 0.3) is 11.8 Å². The number of nitrogen functional groups attached to an aromatic ring is 1. The van der Waals surface area contributed by atoms with Crippen LogP contribution in [0.5, 0.6) is 5.75 Å². The van der Waals surface area contributed by atoms with Crippen molar-refractivity contribution in [2.24, 2.45) is 5.73 Å². The molecule has 0 saturated carbocycles. The van der Waals surface area contributed by atoms with E-state index in [2.05, 4.69) is 15.6 Å². The van der Waals surface area contributed by atoms with Crippen molar-refractivity contribution in [2.75, 3.05) is 6.61 Å². The van der Waals surface area contributed by atoms with Crippen LogP contribution in [0.4, 0.5) is 0 Å². The van der Waals surface area contributed by atoms with Crippen molar-refractivity contribution in [3.63, 3.8) is 0 Å². The Hall–Kier alpha value is -3.91. The monoisotopic (exact) mass is 479 g/mol. The number of hydrogen-bond acceptors (Lipinski definition) is 5. The molecule has 0 aliphatic heterocycles. The van der Waals surface area contributed by atoms with Gasteiger partial charge in [0.2, 0.25) is 0 Å². The molecule has 0 unspecified atom stereocenters. The Morgan fingerprint density at radius 1 is 1.06 bits per heavy atom. The van der Waals surface area contributed by atoms with E-state index < -0.39 is 0 Å². The molecule has 3 aromatic rings. The summed E-state index contributed by atoms with van der Waals surface area (Å²) in [4.78, 5) is 29.1. The number of carbonyl (C=O) groups is 2. The highest BCUT2D eigenvalue weighted by molar-refractivity contribution is 6.31. The van der Waals surface area contributed by atoms with Gasteiger partial charge in [-0.25, -0.2) is 0 Å². The van der Waals surface area contributed by atoms with E-state index in [1.807, 2.05) is 25.1 Å². The highest BCUT2D eigenvalue weighted by atomic mass is 35.5. The van der Waals surface area contributed by atoms with Crippen molar-refractivity contribution in [2.45, 2.75) is 26.4 Å². The van der Waals surface area contributed by atoms with Crippen molar-refractivity contribution in [1.29, 1.82) is 5.41 Å². The Morgan fingerprint density at radius 3 is 2.59 bits per heavy atom. The maximum atomic E-state index is 12.7. The van der Waals surface area contributed by atoms with E-state index in [1.165, 1.54) is 0 Å². The summed E-state index contributed by atoms with van der Waals surface area (Å²) in [6.45, 7) is 2.16. The number of ether oxygens (including phenoxy) is 1. The number of aromatic nitrogens is 1. The summed E-state index contributed by atoms with van der Waals surface area (Å²) >= 11 is 6.12. The first kappa shape index (κ1) is 24.7. The third kappa shape index (κ3) is 7.05. The number of nitrogens with one attached hydrogen (secondary N) is 3. The van der Waals surface area contributed by atoms with Crippen molar-refractivity contribution in [3.8, 4) is 5.75 Å². The van der Waals surface area contributed by atoms with E-state index in [9.17, 15) is 9.59 Å². The highest BCUT2D eigenvalue weighted by Crippen LogP contribution is 2.21. The van der Waals surface area contributed by atoms with Crippen LogP contribution in [0.2, 0.25) is 5.02 Å². The minimum Gasteiger partial charge on any atom is -0.483 e. The minimum absolute atomic E-state index is 0.133. The van der Waals surface area contributed by atoms with Gasteiger partial charge in [-0.05, 0) is 48.4 Å². The molecular formula is C25H26ClN5O3. The van der Waals surface area contributed by atoms with Crippen molar-refractivity contribution in [3.05, 3.63) is 93.8 Å². The topological polar surface area (TPSA) is 130 Å². The second-order valence-electron chi connectivity index (χ2n) is 7.51. The molecule has 1 heterocycles. The zero-order valence-corrected chi connectivity index (χ0v) is 19.5. The molecule has 3 rings (SSSR count). The molecule has 2 amide bonds. The number of hydrogen-bond donors (Lipinski definition) is 4. The molecule has 5 N–H and O–H groups in total. The molecule has 0 aliphatic carbocycles. The third-order valence-corrected chi connectivity index (χ3v) is 5.22. The lowest BCUT2D eigenvalue weighted by Crippen LogP contribution is -2.29. The fraction of sp³-hybridized carbons (Fsp3) is 0.200. The molecule has 1 aromatic heterocycles. The number of aryl methyl sites for hydroxylation is 1. The van der Waals surface area contributed by atoms with Gasteiger partial charge in [-0.2, -0.15) is 0 Å². The lowest BCUT2D eigenvalue weighted by atomic mass is 10.1. The van der Waals surface area contributed by atoms with E-state index in [0.29, 0.717) is 27.5 Å². The number of benzene rings is 2. The number of carbonyl (C=O) groups excluding carboxylic acids is 2. The molecule has 0 bridgehead atoms. The molecule has 0 saturated heterocycles. The van der Waals surface area contributed by atoms with Gasteiger partial charge in [0, 0.05) is 34.5 Å². The number of pyridine rings is 1. The number of nitrogens with two attached hydrogens (primary N) is 1. The molecule has 0 atom stereocenters. The molecule has 0 radical (unpaired) electrons. The van der Waals surface area contributed by atoms with Crippen LogP contribution in [-0.4, -0.2) is 29.2 Å². The summed E-state index contributed by atoms with van der Waals surface area (Å²) < 4.78 is 5.71. The molecule has 8 nitrogen and oxygen atoms in total. The highest BCUT2D eigenvalue weighted by Gasteiger charge is 2.13. The molecule has 0 aliphatic rings. The van der Waals surface area contributed by atoms with E-state index in [0.717, 1.165) is 17.7 Å². The predicted molar refractivity (Wildman–Crippen MR) is 131 cm³/mol. The van der Waals surface area contributed by atoms with Crippen LogP contribution in [0.3, 0.4) is 0 Å². The van der Waals surface area contributed by atoms with E-state index in [-0.39, 0.29) is 37.3 Å². The lowest BCUT2D eigenvalue weighted by molar-refractivity contribution is -0.123. The average Bonchev–Trinajstić information content (AvgIpc) is 2.85. The number of rotatable bonds is 10. The summed E-state index contributed by atoms with van der Waals surface area (Å²) in [5.74, 6) is -0.404. The van der Waals surface area contributed by atoms with Crippen LogP contribution in [-0.2, 0) is 24.3 Å². The largest absolute Gasteiger partial charge is 0.483 e. The van der Waals surface area contributed by atoms with Crippen LogP contribution in [0.15, 0.2) is 60.8 Å². The molecule has 0 spiro atoms. The fourth-order valence-corrected chi connectivity index (χ4v) is 3.41. The van der Waals surface area contributed by atoms with Gasteiger partial charge < -0.3 is 21.1 Å². The Balaban J connectivity index is 1.66. The summed E-state index contributed by atoms with van der Waals surface area (Å²) in [5, 5.41) is 13.8. The maximum absolute atomic E-state index is 12.7. The van der Waals surface area contributed by atoms with Crippen LogP contribution >= 0.6 is 11.6 Å². The number of amides is 2. The van der Waals surface area contributed by atoms with Gasteiger partial charge in [-0.1, -0.05) is 36.7 Å². The van der Waals surface area contributed by atoms with Gasteiger partial charge in [0.15, 0.2) is 6.61 Å². The second kappa shape index (κ2) is 11.8. The summed E-state index contributed by atoms with van der Waals surface area (Å²) in [7, 11) is 0. The molecular weight excluding hydrogens is 454 g/mol. The van der Waals surface area contributed by atoms with Crippen molar-refractivity contribution >= 4 is 29.3 Å². The first-order valence-electron chi connectivity index (χ1n) is 10.7. The van der Waals surface area contributed by atoms with Crippen LogP contribution in [0, 0.1) is 5.41 Å². The standard InChI is InChI=1S/C25H26ClN5O3/c1-2-16-9-19(11-20(26)10-16)25(33)31-13-18-7-6-17(24(27)28)12-22(18)34-15-23(32)30-14-21-5-3-4-8-29-21/h3-12H,2,13-15H2,1H3,(H3,27,28)(H,30,32)(H,31,33). The van der Waals surface area contributed by atoms with Crippen LogP contribution in [0.25, 0.3) is 0 Å². The van der Waals surface area contributed by atoms with Gasteiger partial charge in [0.1, 0.15) is 11.6 Å². The summed E-state index contributed by atoms with van der Waals surface area (Å²) in [5.41, 5.74) is 8.83. The first-order chi connectivity index (χ1) is 16.4. The quantitative estimate of drug-likeness (QED) is 0.262. The van der Waals surface area contributed by atoms with Gasteiger partial charge in [-0.3, -0.25) is 20.0 Å². The Kier molecular flexibility index (Phi) is 8.59. The second-order valence-corrected chi connectivity index (χ2v) is 7.94. The summed E-state index contributed by atoms with van der Waals surface area (Å²) in [6, 6.07) is 15.6. The molecule has 2 aromatic carbocycles.